The van der Waals surface area contributed by atoms with Gasteiger partial charge in [-0.3, -0.25) is 9.59 Å². The van der Waals surface area contributed by atoms with Crippen LogP contribution in [0.3, 0.4) is 0 Å². The maximum atomic E-state index is 12.3. The van der Waals surface area contributed by atoms with Crippen LogP contribution in [-0.2, 0) is 27.6 Å². The molecule has 0 radical (unpaired) electrons. The summed E-state index contributed by atoms with van der Waals surface area (Å²) in [5.41, 5.74) is -0.266. The van der Waals surface area contributed by atoms with E-state index in [-0.39, 0.29) is 5.54 Å². The Balaban J connectivity index is 3.22. The highest BCUT2D eigenvalue weighted by atomic mass is 28.4. The molecule has 6 nitrogen and oxygen atoms in total. The second-order valence-electron chi connectivity index (χ2n) is 5.58. The van der Waals surface area contributed by atoms with E-state index in [9.17, 15) is 9.59 Å². The highest BCUT2D eigenvalue weighted by Gasteiger charge is 2.59. The van der Waals surface area contributed by atoms with E-state index in [4.69, 9.17) is 18.0 Å². The molecule has 134 valence electrons. The lowest BCUT2D eigenvalue weighted by Gasteiger charge is -2.37. The zero-order chi connectivity index (χ0) is 17.5. The van der Waals surface area contributed by atoms with Crippen LogP contribution in [0.4, 0.5) is 0 Å². The third kappa shape index (κ3) is 4.41. The first-order valence-corrected chi connectivity index (χ1v) is 10.5. The van der Waals surface area contributed by atoms with Crippen molar-refractivity contribution in [2.75, 3.05) is 19.8 Å². The van der Waals surface area contributed by atoms with Crippen LogP contribution in [0.25, 0.3) is 0 Å². The Morgan fingerprint density at radius 1 is 0.957 bits per heavy atom. The van der Waals surface area contributed by atoms with E-state index in [1.807, 2.05) is 34.6 Å². The molecule has 1 aliphatic rings. The lowest BCUT2D eigenvalue weighted by Crippen LogP contribution is -2.54. The highest BCUT2D eigenvalue weighted by Crippen LogP contribution is 2.44. The molecule has 3 unspecified atom stereocenters. The van der Waals surface area contributed by atoms with Gasteiger partial charge in [-0.2, -0.15) is 0 Å². The molecular weight excluding hydrogens is 316 g/mol. The van der Waals surface area contributed by atoms with Gasteiger partial charge in [0.1, 0.15) is 0 Å². The molecule has 1 aliphatic heterocycles. The van der Waals surface area contributed by atoms with Crippen LogP contribution < -0.4 is 0 Å². The van der Waals surface area contributed by atoms with E-state index in [1.165, 1.54) is 0 Å². The van der Waals surface area contributed by atoms with Crippen molar-refractivity contribution in [2.24, 2.45) is 11.8 Å². The van der Waals surface area contributed by atoms with Crippen LogP contribution in [0.1, 0.15) is 53.9 Å². The van der Waals surface area contributed by atoms with Crippen LogP contribution in [0.2, 0.25) is 5.54 Å². The first-order chi connectivity index (χ1) is 11.0. The number of ether oxygens (including phenoxy) is 1. The molecule has 0 aliphatic carbocycles. The minimum Gasteiger partial charge on any atom is -0.393 e. The van der Waals surface area contributed by atoms with Gasteiger partial charge in [-0.15, -0.1) is 0 Å². The molecule has 3 atom stereocenters. The number of hydrogen-bond acceptors (Lipinski definition) is 6. The first-order valence-electron chi connectivity index (χ1n) is 8.68. The SMILES string of the molecule is CCCC1C(=O)OC(=O)C1C(CC)[Si](OCC)(OCC)OCC. The van der Waals surface area contributed by atoms with Crippen molar-refractivity contribution < 1.29 is 27.6 Å². The summed E-state index contributed by atoms with van der Waals surface area (Å²) < 4.78 is 22.8. The lowest BCUT2D eigenvalue weighted by atomic mass is 9.87. The number of cyclic esters (lactones) is 2. The van der Waals surface area contributed by atoms with E-state index in [0.29, 0.717) is 32.7 Å². The molecule has 0 aromatic carbocycles. The van der Waals surface area contributed by atoms with Crippen LogP contribution in [0.15, 0.2) is 0 Å². The summed E-state index contributed by atoms with van der Waals surface area (Å²) in [5, 5.41) is 0. The zero-order valence-corrected chi connectivity index (χ0v) is 15.9. The van der Waals surface area contributed by atoms with Crippen molar-refractivity contribution in [2.45, 2.75) is 59.4 Å². The smallest absolute Gasteiger partial charge is 0.393 e. The maximum Gasteiger partial charge on any atom is 0.505 e. The molecule has 0 bridgehead atoms. The number of carbonyl (C=O) groups excluding carboxylic acids is 2. The van der Waals surface area contributed by atoms with Gasteiger partial charge in [0.05, 0.1) is 11.8 Å². The van der Waals surface area contributed by atoms with Gasteiger partial charge in [-0.05, 0) is 33.6 Å². The average Bonchev–Trinajstić information content (AvgIpc) is 2.76. The molecule has 1 rings (SSSR count). The minimum atomic E-state index is -3.09. The molecule has 23 heavy (non-hydrogen) atoms. The molecule has 1 heterocycles. The molecule has 1 saturated heterocycles. The van der Waals surface area contributed by atoms with Gasteiger partial charge in [0.25, 0.3) is 0 Å². The average molecular weight is 346 g/mol. The summed E-state index contributed by atoms with van der Waals surface area (Å²) in [6.07, 6.45) is 2.08. The van der Waals surface area contributed by atoms with Gasteiger partial charge in [0, 0.05) is 25.4 Å². The second kappa shape index (κ2) is 9.51. The largest absolute Gasteiger partial charge is 0.505 e. The molecular formula is C16H30O6Si. The van der Waals surface area contributed by atoms with Crippen molar-refractivity contribution in [1.29, 1.82) is 0 Å². The molecule has 0 saturated carbocycles. The highest BCUT2D eigenvalue weighted by molar-refractivity contribution is 6.63. The number of rotatable bonds is 11. The maximum absolute atomic E-state index is 12.3. The van der Waals surface area contributed by atoms with E-state index >= 15 is 0 Å². The van der Waals surface area contributed by atoms with Crippen molar-refractivity contribution in [3.8, 4) is 0 Å². The Labute approximate surface area is 140 Å². The predicted octanol–water partition coefficient (Wildman–Crippen LogP) is 2.93. The number of hydrogen-bond donors (Lipinski definition) is 0. The lowest BCUT2D eigenvalue weighted by molar-refractivity contribution is -0.154. The van der Waals surface area contributed by atoms with Crippen molar-refractivity contribution in [1.82, 2.24) is 0 Å². The second-order valence-corrected chi connectivity index (χ2v) is 8.39. The first kappa shape index (κ1) is 20.3. The van der Waals surface area contributed by atoms with Crippen LogP contribution >= 0.6 is 0 Å². The molecule has 0 aromatic rings. The fourth-order valence-corrected chi connectivity index (χ4v) is 6.79. The summed E-state index contributed by atoms with van der Waals surface area (Å²) in [5.74, 6) is -1.85. The quantitative estimate of drug-likeness (QED) is 0.325. The van der Waals surface area contributed by atoms with E-state index in [0.717, 1.165) is 6.42 Å². The minimum absolute atomic E-state index is 0.266. The molecule has 1 fully saturated rings. The topological polar surface area (TPSA) is 71.1 Å². The standard InChI is InChI=1S/C16H30O6Si/c1-6-11-12-14(16(18)22-15(12)17)13(7-2)23(19-8-3,20-9-4)21-10-5/h12-14H,6-11H2,1-5H3. The summed E-state index contributed by atoms with van der Waals surface area (Å²) >= 11 is 0. The number of carbonyl (C=O) groups is 2. The Morgan fingerprint density at radius 2 is 1.48 bits per heavy atom. The van der Waals surface area contributed by atoms with Crippen molar-refractivity contribution in [3.63, 3.8) is 0 Å². The van der Waals surface area contributed by atoms with Gasteiger partial charge in [0.2, 0.25) is 0 Å². The van der Waals surface area contributed by atoms with Gasteiger partial charge in [-0.1, -0.05) is 20.3 Å². The fraction of sp³-hybridized carbons (Fsp3) is 0.875. The Bertz CT molecular complexity index is 383. The van der Waals surface area contributed by atoms with Crippen LogP contribution in [0.5, 0.6) is 0 Å². The zero-order valence-electron chi connectivity index (χ0n) is 14.9. The van der Waals surface area contributed by atoms with Gasteiger partial charge in [0.15, 0.2) is 0 Å². The summed E-state index contributed by atoms with van der Waals surface area (Å²) in [4.78, 5) is 24.4. The summed E-state index contributed by atoms with van der Waals surface area (Å²) in [6.45, 7) is 10.9. The van der Waals surface area contributed by atoms with Gasteiger partial charge >= 0.3 is 20.7 Å². The Hall–Kier alpha value is -0.763. The Morgan fingerprint density at radius 3 is 1.87 bits per heavy atom. The third-order valence-electron chi connectivity index (χ3n) is 4.17. The normalized spacial score (nSPS) is 23.2. The summed E-state index contributed by atoms with van der Waals surface area (Å²) in [6, 6.07) is 0. The van der Waals surface area contributed by atoms with E-state index < -0.39 is 32.6 Å². The molecule has 0 spiro atoms. The van der Waals surface area contributed by atoms with E-state index in [2.05, 4.69) is 0 Å². The van der Waals surface area contributed by atoms with E-state index in [1.54, 1.807) is 0 Å². The number of esters is 2. The van der Waals surface area contributed by atoms with Gasteiger partial charge < -0.3 is 18.0 Å². The van der Waals surface area contributed by atoms with Crippen LogP contribution in [0, 0.1) is 11.8 Å². The predicted molar refractivity (Wildman–Crippen MR) is 87.7 cm³/mol. The Kier molecular flexibility index (Phi) is 8.39. The fourth-order valence-electron chi connectivity index (χ4n) is 3.38. The molecule has 0 amide bonds. The third-order valence-corrected chi connectivity index (χ3v) is 7.92. The molecule has 0 N–H and O–H groups in total. The summed E-state index contributed by atoms with van der Waals surface area (Å²) in [7, 11) is -3.09. The molecule has 7 heteroatoms. The monoisotopic (exact) mass is 346 g/mol. The van der Waals surface area contributed by atoms with Crippen LogP contribution in [-0.4, -0.2) is 40.6 Å². The van der Waals surface area contributed by atoms with Gasteiger partial charge in [-0.25, -0.2) is 0 Å². The van der Waals surface area contributed by atoms with Crippen molar-refractivity contribution in [3.05, 3.63) is 0 Å². The molecule has 0 aromatic heterocycles. The van der Waals surface area contributed by atoms with Crippen molar-refractivity contribution >= 4 is 20.7 Å².